The summed E-state index contributed by atoms with van der Waals surface area (Å²) < 4.78 is 73.2. The van der Waals surface area contributed by atoms with E-state index in [1.165, 1.54) is 6.07 Å². The number of halogens is 4. The van der Waals surface area contributed by atoms with Gasteiger partial charge in [0.15, 0.2) is 0 Å². The standard InChI is InChI=1S/C22H18ClF3N2O4S/c1-2-32-20-11-9-16(13-19(20)27-21(29)14-6-4-3-5-7-14)33(30,31)28-18-10-8-15(23)12-17(18)22(24,25)26/h3-13,28H,2H2,1H3,(H,27,29). The number of alkyl halides is 3. The zero-order valence-corrected chi connectivity index (χ0v) is 18.7. The summed E-state index contributed by atoms with van der Waals surface area (Å²) in [7, 11) is -4.46. The van der Waals surface area contributed by atoms with Crippen molar-refractivity contribution in [2.45, 2.75) is 18.0 Å². The number of hydrogen-bond acceptors (Lipinski definition) is 4. The number of hydrogen-bond donors (Lipinski definition) is 2. The number of rotatable bonds is 7. The monoisotopic (exact) mass is 498 g/mol. The highest BCUT2D eigenvalue weighted by atomic mass is 35.5. The largest absolute Gasteiger partial charge is 0.492 e. The molecule has 6 nitrogen and oxygen atoms in total. The van der Waals surface area contributed by atoms with Gasteiger partial charge in [-0.05, 0) is 55.5 Å². The SMILES string of the molecule is CCOc1ccc(S(=O)(=O)Nc2ccc(Cl)cc2C(F)(F)F)cc1NC(=O)c1ccccc1. The van der Waals surface area contributed by atoms with Crippen LogP contribution in [-0.4, -0.2) is 20.9 Å². The molecule has 0 unspecified atom stereocenters. The molecule has 0 aliphatic carbocycles. The molecule has 174 valence electrons. The third kappa shape index (κ3) is 5.96. The molecule has 0 aromatic heterocycles. The molecular formula is C22H18ClF3N2O4S. The van der Waals surface area contributed by atoms with Crippen molar-refractivity contribution in [3.63, 3.8) is 0 Å². The van der Waals surface area contributed by atoms with Crippen molar-refractivity contribution >= 4 is 38.9 Å². The molecule has 0 radical (unpaired) electrons. The van der Waals surface area contributed by atoms with Crippen LogP contribution in [0.1, 0.15) is 22.8 Å². The Morgan fingerprint density at radius 2 is 1.70 bits per heavy atom. The fourth-order valence-corrected chi connectivity index (χ4v) is 4.16. The second-order valence-corrected chi connectivity index (χ2v) is 8.82. The van der Waals surface area contributed by atoms with Crippen LogP contribution in [0.2, 0.25) is 5.02 Å². The highest BCUT2D eigenvalue weighted by Gasteiger charge is 2.35. The highest BCUT2D eigenvalue weighted by Crippen LogP contribution is 2.38. The molecule has 0 spiro atoms. The van der Waals surface area contributed by atoms with Gasteiger partial charge in [-0.15, -0.1) is 0 Å². The number of anilines is 2. The molecule has 33 heavy (non-hydrogen) atoms. The molecule has 0 fully saturated rings. The van der Waals surface area contributed by atoms with Gasteiger partial charge in [-0.1, -0.05) is 29.8 Å². The lowest BCUT2D eigenvalue weighted by Crippen LogP contribution is -2.18. The van der Waals surface area contributed by atoms with Gasteiger partial charge in [0, 0.05) is 10.6 Å². The van der Waals surface area contributed by atoms with Gasteiger partial charge in [0.1, 0.15) is 5.75 Å². The summed E-state index contributed by atoms with van der Waals surface area (Å²) in [5.41, 5.74) is -1.55. The molecule has 0 saturated carbocycles. The normalized spacial score (nSPS) is 11.7. The number of ether oxygens (including phenoxy) is 1. The molecule has 0 aliphatic rings. The van der Waals surface area contributed by atoms with E-state index in [1.54, 1.807) is 37.3 Å². The molecule has 1 amide bonds. The van der Waals surface area contributed by atoms with E-state index in [0.29, 0.717) is 11.6 Å². The molecule has 0 saturated heterocycles. The summed E-state index contributed by atoms with van der Waals surface area (Å²) in [5.74, 6) is -0.320. The van der Waals surface area contributed by atoms with E-state index in [-0.39, 0.29) is 28.0 Å². The Bertz CT molecular complexity index is 1270. The minimum Gasteiger partial charge on any atom is -0.492 e. The van der Waals surface area contributed by atoms with Crippen LogP contribution in [0, 0.1) is 0 Å². The van der Waals surface area contributed by atoms with Gasteiger partial charge < -0.3 is 10.1 Å². The van der Waals surface area contributed by atoms with E-state index in [2.05, 4.69) is 5.32 Å². The Hall–Kier alpha value is -3.24. The van der Waals surface area contributed by atoms with E-state index in [4.69, 9.17) is 16.3 Å². The van der Waals surface area contributed by atoms with E-state index < -0.39 is 33.4 Å². The summed E-state index contributed by atoms with van der Waals surface area (Å²) in [6.45, 7) is 1.94. The molecule has 3 rings (SSSR count). The van der Waals surface area contributed by atoms with Crippen molar-refractivity contribution in [3.05, 3.63) is 82.9 Å². The van der Waals surface area contributed by atoms with Crippen molar-refractivity contribution < 1.29 is 31.1 Å². The molecule has 0 aliphatic heterocycles. The highest BCUT2D eigenvalue weighted by molar-refractivity contribution is 7.92. The molecule has 0 bridgehead atoms. The van der Waals surface area contributed by atoms with Crippen molar-refractivity contribution in [2.75, 3.05) is 16.6 Å². The van der Waals surface area contributed by atoms with E-state index in [9.17, 15) is 26.4 Å². The van der Waals surface area contributed by atoms with Gasteiger partial charge >= 0.3 is 6.18 Å². The third-order valence-electron chi connectivity index (χ3n) is 4.38. The first-order chi connectivity index (χ1) is 15.5. The zero-order chi connectivity index (χ0) is 24.2. The molecule has 0 heterocycles. The summed E-state index contributed by atoms with van der Waals surface area (Å²) in [6, 6.07) is 14.5. The number of benzene rings is 3. The van der Waals surface area contributed by atoms with Crippen LogP contribution in [0.4, 0.5) is 24.5 Å². The zero-order valence-electron chi connectivity index (χ0n) is 17.1. The minimum atomic E-state index is -4.84. The summed E-state index contributed by atoms with van der Waals surface area (Å²) in [5, 5.41) is 2.38. The maximum atomic E-state index is 13.4. The van der Waals surface area contributed by atoms with Crippen molar-refractivity contribution in [2.24, 2.45) is 0 Å². The molecule has 3 aromatic carbocycles. The summed E-state index contributed by atoms with van der Waals surface area (Å²) in [6.07, 6.45) is -4.84. The maximum absolute atomic E-state index is 13.4. The maximum Gasteiger partial charge on any atom is 0.418 e. The third-order valence-corrected chi connectivity index (χ3v) is 5.97. The van der Waals surface area contributed by atoms with Crippen LogP contribution in [0.15, 0.2) is 71.6 Å². The van der Waals surface area contributed by atoms with Gasteiger partial charge in [0.2, 0.25) is 0 Å². The lowest BCUT2D eigenvalue weighted by atomic mass is 10.2. The number of nitrogens with one attached hydrogen (secondary N) is 2. The lowest BCUT2D eigenvalue weighted by Gasteiger charge is -2.17. The van der Waals surface area contributed by atoms with Crippen molar-refractivity contribution in [1.29, 1.82) is 0 Å². The Morgan fingerprint density at radius 3 is 2.33 bits per heavy atom. The van der Waals surface area contributed by atoms with E-state index in [0.717, 1.165) is 24.3 Å². The fraction of sp³-hybridized carbons (Fsp3) is 0.136. The van der Waals surface area contributed by atoms with Gasteiger partial charge in [-0.3, -0.25) is 9.52 Å². The molecule has 2 N–H and O–H groups in total. The summed E-state index contributed by atoms with van der Waals surface area (Å²) >= 11 is 5.65. The number of sulfonamides is 1. The smallest absolute Gasteiger partial charge is 0.418 e. The van der Waals surface area contributed by atoms with Crippen molar-refractivity contribution in [3.8, 4) is 5.75 Å². The second kappa shape index (κ2) is 9.72. The van der Waals surface area contributed by atoms with Crippen LogP contribution in [0.5, 0.6) is 5.75 Å². The molecule has 11 heteroatoms. The molecule has 3 aromatic rings. The first kappa shape index (κ1) is 24.4. The van der Waals surface area contributed by atoms with Crippen LogP contribution < -0.4 is 14.8 Å². The summed E-state index contributed by atoms with van der Waals surface area (Å²) in [4.78, 5) is 12.2. The van der Waals surface area contributed by atoms with Gasteiger partial charge in [0.05, 0.1) is 28.4 Å². The first-order valence-corrected chi connectivity index (χ1v) is 11.4. The Labute approximate surface area is 193 Å². The lowest BCUT2D eigenvalue weighted by molar-refractivity contribution is -0.136. The Kier molecular flexibility index (Phi) is 7.19. The van der Waals surface area contributed by atoms with Crippen LogP contribution >= 0.6 is 11.6 Å². The fourth-order valence-electron chi connectivity index (χ4n) is 2.88. The number of amides is 1. The predicted molar refractivity (Wildman–Crippen MR) is 119 cm³/mol. The van der Waals surface area contributed by atoms with Gasteiger partial charge in [-0.2, -0.15) is 13.2 Å². The number of carbonyl (C=O) groups is 1. The van der Waals surface area contributed by atoms with Crippen molar-refractivity contribution in [1.82, 2.24) is 0 Å². The molecular weight excluding hydrogens is 481 g/mol. The Balaban J connectivity index is 1.97. The predicted octanol–water partition coefficient (Wildman–Crippen LogP) is 5.81. The van der Waals surface area contributed by atoms with Crippen LogP contribution in [0.3, 0.4) is 0 Å². The van der Waals surface area contributed by atoms with E-state index >= 15 is 0 Å². The quantitative estimate of drug-likeness (QED) is 0.430. The average Bonchev–Trinajstić information content (AvgIpc) is 2.76. The first-order valence-electron chi connectivity index (χ1n) is 9.54. The topological polar surface area (TPSA) is 84.5 Å². The van der Waals surface area contributed by atoms with Crippen LogP contribution in [-0.2, 0) is 16.2 Å². The Morgan fingerprint density at radius 1 is 1.00 bits per heavy atom. The minimum absolute atomic E-state index is 0.0423. The average molecular weight is 499 g/mol. The van der Waals surface area contributed by atoms with Crippen LogP contribution in [0.25, 0.3) is 0 Å². The van der Waals surface area contributed by atoms with Gasteiger partial charge in [0.25, 0.3) is 15.9 Å². The second-order valence-electron chi connectivity index (χ2n) is 6.70. The van der Waals surface area contributed by atoms with Gasteiger partial charge in [-0.25, -0.2) is 8.42 Å². The molecule has 0 atom stereocenters. The van der Waals surface area contributed by atoms with E-state index in [1.807, 2.05) is 4.72 Å². The number of carbonyl (C=O) groups excluding carboxylic acids is 1.